The normalized spacial score (nSPS) is 30.3. The van der Waals surface area contributed by atoms with E-state index in [9.17, 15) is 0 Å². The average molecular weight is 156 g/mol. The molecule has 0 radical (unpaired) electrons. The van der Waals surface area contributed by atoms with Crippen LogP contribution in [-0.4, -0.2) is 30.6 Å². The number of likely N-dealkylation sites (tertiary alicyclic amines) is 1. The number of nitrogens with zero attached hydrogens (tertiary/aromatic N) is 1. The van der Waals surface area contributed by atoms with E-state index in [2.05, 4.69) is 18.7 Å². The van der Waals surface area contributed by atoms with Gasteiger partial charge in [0.05, 0.1) is 0 Å². The van der Waals surface area contributed by atoms with Crippen molar-refractivity contribution < 1.29 is 0 Å². The topological polar surface area (TPSA) is 29.3 Å². The summed E-state index contributed by atoms with van der Waals surface area (Å²) in [5, 5.41) is 0. The first-order valence-electron chi connectivity index (χ1n) is 4.66. The number of nitrogens with two attached hydrogens (primary N) is 1. The van der Waals surface area contributed by atoms with Crippen molar-refractivity contribution in [2.75, 3.05) is 19.6 Å². The zero-order valence-corrected chi connectivity index (χ0v) is 7.71. The van der Waals surface area contributed by atoms with E-state index in [0.717, 1.165) is 12.5 Å². The van der Waals surface area contributed by atoms with Gasteiger partial charge in [0, 0.05) is 19.1 Å². The first-order chi connectivity index (χ1) is 5.18. The molecule has 2 nitrogen and oxygen atoms in total. The molecule has 0 amide bonds. The second-order valence-electron chi connectivity index (χ2n) is 3.98. The van der Waals surface area contributed by atoms with Crippen LogP contribution in [0.1, 0.15) is 26.7 Å². The van der Waals surface area contributed by atoms with Crippen LogP contribution in [0.15, 0.2) is 0 Å². The molecule has 0 spiro atoms. The number of hydrogen-bond donors (Lipinski definition) is 1. The van der Waals surface area contributed by atoms with Gasteiger partial charge >= 0.3 is 0 Å². The Labute approximate surface area is 69.8 Å². The van der Waals surface area contributed by atoms with Crippen LogP contribution in [0.25, 0.3) is 0 Å². The van der Waals surface area contributed by atoms with Crippen LogP contribution in [0.3, 0.4) is 0 Å². The van der Waals surface area contributed by atoms with Crippen molar-refractivity contribution in [2.45, 2.75) is 32.7 Å². The van der Waals surface area contributed by atoms with Crippen molar-refractivity contribution in [1.29, 1.82) is 0 Å². The Bertz CT molecular complexity index is 110. The summed E-state index contributed by atoms with van der Waals surface area (Å²) in [7, 11) is 0. The second kappa shape index (κ2) is 4.07. The standard InChI is InChI=1S/C9H20N2/c1-8-4-3-5-11(6-8)7-9(2)10/h8-9H,3-7,10H2,1-2H3/t8-,9+/m0/s1. The van der Waals surface area contributed by atoms with Crippen LogP contribution in [0, 0.1) is 5.92 Å². The summed E-state index contributed by atoms with van der Waals surface area (Å²) in [4.78, 5) is 2.48. The van der Waals surface area contributed by atoms with Gasteiger partial charge in [0.1, 0.15) is 0 Å². The fraction of sp³-hybridized carbons (Fsp3) is 1.00. The summed E-state index contributed by atoms with van der Waals surface area (Å²) in [6.07, 6.45) is 2.75. The van der Waals surface area contributed by atoms with E-state index >= 15 is 0 Å². The molecule has 1 rings (SSSR count). The molecule has 0 aliphatic carbocycles. The summed E-state index contributed by atoms with van der Waals surface area (Å²) in [6, 6.07) is 0.334. The Balaban J connectivity index is 2.23. The van der Waals surface area contributed by atoms with Crippen LogP contribution in [-0.2, 0) is 0 Å². The van der Waals surface area contributed by atoms with E-state index in [1.165, 1.54) is 25.9 Å². The predicted octanol–water partition coefficient (Wildman–Crippen LogP) is 1.07. The summed E-state index contributed by atoms with van der Waals surface area (Å²) in [6.45, 7) is 7.99. The van der Waals surface area contributed by atoms with Gasteiger partial charge in [-0.3, -0.25) is 0 Å². The minimum Gasteiger partial charge on any atom is -0.327 e. The number of rotatable bonds is 2. The maximum atomic E-state index is 5.73. The molecule has 2 N–H and O–H groups in total. The van der Waals surface area contributed by atoms with Crippen LogP contribution < -0.4 is 5.73 Å². The smallest absolute Gasteiger partial charge is 0.0139 e. The largest absolute Gasteiger partial charge is 0.327 e. The lowest BCUT2D eigenvalue weighted by molar-refractivity contribution is 0.177. The van der Waals surface area contributed by atoms with Crippen LogP contribution in [0.2, 0.25) is 0 Å². The maximum Gasteiger partial charge on any atom is 0.0139 e. The Morgan fingerprint density at radius 3 is 2.91 bits per heavy atom. The highest BCUT2D eigenvalue weighted by Crippen LogP contribution is 2.14. The molecule has 0 aromatic carbocycles. The predicted molar refractivity (Wildman–Crippen MR) is 48.5 cm³/mol. The van der Waals surface area contributed by atoms with Crippen molar-refractivity contribution in [3.63, 3.8) is 0 Å². The van der Waals surface area contributed by atoms with Gasteiger partial charge in [0.2, 0.25) is 0 Å². The van der Waals surface area contributed by atoms with E-state index in [1.807, 2.05) is 0 Å². The molecule has 1 heterocycles. The summed E-state index contributed by atoms with van der Waals surface area (Å²) >= 11 is 0. The lowest BCUT2D eigenvalue weighted by Gasteiger charge is -2.31. The zero-order chi connectivity index (χ0) is 8.27. The van der Waals surface area contributed by atoms with Crippen LogP contribution in [0.5, 0.6) is 0 Å². The number of hydrogen-bond acceptors (Lipinski definition) is 2. The van der Waals surface area contributed by atoms with Crippen molar-refractivity contribution in [3.8, 4) is 0 Å². The van der Waals surface area contributed by atoms with E-state index in [0.29, 0.717) is 6.04 Å². The van der Waals surface area contributed by atoms with Gasteiger partial charge in [0.15, 0.2) is 0 Å². The average Bonchev–Trinajstić information content (AvgIpc) is 1.85. The molecule has 1 aliphatic heterocycles. The van der Waals surface area contributed by atoms with E-state index < -0.39 is 0 Å². The third kappa shape index (κ3) is 3.21. The molecule has 0 bridgehead atoms. The van der Waals surface area contributed by atoms with Crippen LogP contribution in [0.4, 0.5) is 0 Å². The summed E-state index contributed by atoms with van der Waals surface area (Å²) in [5.74, 6) is 0.877. The van der Waals surface area contributed by atoms with Crippen molar-refractivity contribution in [3.05, 3.63) is 0 Å². The molecule has 1 fully saturated rings. The van der Waals surface area contributed by atoms with Crippen molar-refractivity contribution in [2.24, 2.45) is 11.7 Å². The molecule has 11 heavy (non-hydrogen) atoms. The fourth-order valence-corrected chi connectivity index (χ4v) is 1.86. The quantitative estimate of drug-likeness (QED) is 0.648. The molecule has 66 valence electrons. The lowest BCUT2D eigenvalue weighted by atomic mass is 10.00. The highest BCUT2D eigenvalue weighted by atomic mass is 15.1. The highest BCUT2D eigenvalue weighted by molar-refractivity contribution is 4.72. The second-order valence-corrected chi connectivity index (χ2v) is 3.98. The lowest BCUT2D eigenvalue weighted by Crippen LogP contribution is -2.41. The summed E-state index contributed by atoms with van der Waals surface area (Å²) in [5.41, 5.74) is 5.73. The van der Waals surface area contributed by atoms with Crippen molar-refractivity contribution in [1.82, 2.24) is 4.90 Å². The third-order valence-corrected chi connectivity index (χ3v) is 2.29. The molecule has 0 unspecified atom stereocenters. The molecule has 1 aliphatic rings. The first kappa shape index (κ1) is 9.01. The van der Waals surface area contributed by atoms with Crippen LogP contribution >= 0.6 is 0 Å². The zero-order valence-electron chi connectivity index (χ0n) is 7.71. The molecular weight excluding hydrogens is 136 g/mol. The minimum atomic E-state index is 0.334. The summed E-state index contributed by atoms with van der Waals surface area (Å²) < 4.78 is 0. The highest BCUT2D eigenvalue weighted by Gasteiger charge is 2.16. The molecule has 0 aromatic rings. The maximum absolute atomic E-state index is 5.73. The van der Waals surface area contributed by atoms with Gasteiger partial charge in [0.25, 0.3) is 0 Å². The molecule has 2 atom stereocenters. The number of piperidine rings is 1. The Morgan fingerprint density at radius 1 is 1.64 bits per heavy atom. The molecule has 0 aromatic heterocycles. The van der Waals surface area contributed by atoms with E-state index in [4.69, 9.17) is 5.73 Å². The minimum absolute atomic E-state index is 0.334. The fourth-order valence-electron chi connectivity index (χ4n) is 1.86. The molecule has 0 saturated carbocycles. The third-order valence-electron chi connectivity index (χ3n) is 2.29. The Kier molecular flexibility index (Phi) is 3.34. The van der Waals surface area contributed by atoms with Gasteiger partial charge in [-0.05, 0) is 32.2 Å². The molecular formula is C9H20N2. The van der Waals surface area contributed by atoms with E-state index in [1.54, 1.807) is 0 Å². The van der Waals surface area contributed by atoms with Gasteiger partial charge in [-0.2, -0.15) is 0 Å². The van der Waals surface area contributed by atoms with Crippen molar-refractivity contribution >= 4 is 0 Å². The monoisotopic (exact) mass is 156 g/mol. The first-order valence-corrected chi connectivity index (χ1v) is 4.66. The van der Waals surface area contributed by atoms with Gasteiger partial charge in [-0.15, -0.1) is 0 Å². The van der Waals surface area contributed by atoms with Gasteiger partial charge < -0.3 is 10.6 Å². The van der Waals surface area contributed by atoms with E-state index in [-0.39, 0.29) is 0 Å². The van der Waals surface area contributed by atoms with Gasteiger partial charge in [-0.1, -0.05) is 6.92 Å². The molecule has 1 saturated heterocycles. The van der Waals surface area contributed by atoms with Gasteiger partial charge in [-0.25, -0.2) is 0 Å². The Morgan fingerprint density at radius 2 is 2.36 bits per heavy atom. The SMILES string of the molecule is C[C@H]1CCCN(C[C@@H](C)N)C1. The molecule has 2 heteroatoms. The Hall–Kier alpha value is -0.0800.